The molecule has 3 rings (SSSR count). The summed E-state index contributed by atoms with van der Waals surface area (Å²) in [4.78, 5) is 15.0. The fraction of sp³-hybridized carbons (Fsp3) is 0.364. The lowest BCUT2D eigenvalue weighted by Crippen LogP contribution is -2.55. The maximum absolute atomic E-state index is 4.31. The molecule has 0 bridgehead atoms. The molecule has 6 nitrogen and oxygen atoms in total. The number of piperazine rings is 1. The Kier molecular flexibility index (Phi) is 3.33. The lowest BCUT2D eigenvalue weighted by Gasteiger charge is -2.36. The van der Waals surface area contributed by atoms with Gasteiger partial charge in [0.15, 0.2) is 5.13 Å². The predicted octanol–water partition coefficient (Wildman–Crippen LogP) is 0.781. The monoisotopic (exact) mass is 262 g/mol. The Balaban J connectivity index is 1.78. The fourth-order valence-electron chi connectivity index (χ4n) is 1.95. The van der Waals surface area contributed by atoms with Gasteiger partial charge in [-0.1, -0.05) is 0 Å². The van der Waals surface area contributed by atoms with Crippen molar-refractivity contribution in [1.82, 2.24) is 20.3 Å². The average Bonchev–Trinajstić information content (AvgIpc) is 2.93. The molecule has 1 saturated heterocycles. The van der Waals surface area contributed by atoms with Crippen LogP contribution in [0.4, 0.5) is 11.1 Å². The first-order chi connectivity index (χ1) is 8.93. The van der Waals surface area contributed by atoms with E-state index in [4.69, 9.17) is 0 Å². The van der Waals surface area contributed by atoms with Crippen molar-refractivity contribution in [3.8, 4) is 0 Å². The summed E-state index contributed by atoms with van der Waals surface area (Å²) in [6.07, 6.45) is 5.47. The zero-order chi connectivity index (χ0) is 12.2. The van der Waals surface area contributed by atoms with Crippen LogP contribution < -0.4 is 15.5 Å². The van der Waals surface area contributed by atoms with Crippen LogP contribution in [0, 0.1) is 0 Å². The van der Waals surface area contributed by atoms with Gasteiger partial charge in [0.25, 0.3) is 0 Å². The number of nitrogens with one attached hydrogen (secondary N) is 2. The van der Waals surface area contributed by atoms with Crippen molar-refractivity contribution >= 4 is 22.4 Å². The van der Waals surface area contributed by atoms with Gasteiger partial charge in [-0.15, -0.1) is 11.3 Å². The molecule has 1 fully saturated rings. The van der Waals surface area contributed by atoms with Crippen LogP contribution >= 0.6 is 11.3 Å². The first-order valence-electron chi connectivity index (χ1n) is 5.84. The molecule has 0 aromatic carbocycles. The van der Waals surface area contributed by atoms with Gasteiger partial charge in [-0.2, -0.15) is 0 Å². The molecule has 0 saturated carbocycles. The molecule has 7 heteroatoms. The lowest BCUT2D eigenvalue weighted by atomic mass is 10.3. The fourth-order valence-corrected chi connectivity index (χ4v) is 2.53. The van der Waals surface area contributed by atoms with Gasteiger partial charge in [0.2, 0.25) is 5.95 Å². The Morgan fingerprint density at radius 2 is 2.17 bits per heavy atom. The summed E-state index contributed by atoms with van der Waals surface area (Å²) in [6, 6.07) is 1.83. The molecule has 1 aliphatic heterocycles. The second kappa shape index (κ2) is 5.28. The molecule has 0 amide bonds. The van der Waals surface area contributed by atoms with E-state index in [1.807, 2.05) is 11.4 Å². The number of rotatable bonds is 3. The summed E-state index contributed by atoms with van der Waals surface area (Å²) in [5.41, 5.74) is 0. The van der Waals surface area contributed by atoms with Crippen LogP contribution in [-0.4, -0.2) is 40.8 Å². The number of hydrogen-bond acceptors (Lipinski definition) is 7. The van der Waals surface area contributed by atoms with Crippen LogP contribution in [0.25, 0.3) is 0 Å². The number of hydrogen-bond donors (Lipinski definition) is 2. The second-order valence-corrected chi connectivity index (χ2v) is 4.84. The van der Waals surface area contributed by atoms with Gasteiger partial charge in [0, 0.05) is 43.6 Å². The van der Waals surface area contributed by atoms with Crippen LogP contribution in [0.15, 0.2) is 30.0 Å². The van der Waals surface area contributed by atoms with Gasteiger partial charge in [-0.05, 0) is 6.07 Å². The maximum atomic E-state index is 4.31. The Morgan fingerprint density at radius 1 is 1.28 bits per heavy atom. The van der Waals surface area contributed by atoms with Crippen LogP contribution in [0.5, 0.6) is 0 Å². The third kappa shape index (κ3) is 2.41. The first-order valence-corrected chi connectivity index (χ1v) is 6.72. The Bertz CT molecular complexity index is 474. The Morgan fingerprint density at radius 3 is 2.94 bits per heavy atom. The minimum atomic E-state index is 0.132. The highest BCUT2D eigenvalue weighted by Gasteiger charge is 2.24. The van der Waals surface area contributed by atoms with Crippen molar-refractivity contribution < 1.29 is 0 Å². The summed E-state index contributed by atoms with van der Waals surface area (Å²) >= 11 is 1.60. The molecular formula is C11H14N6S. The van der Waals surface area contributed by atoms with Gasteiger partial charge in [-0.3, -0.25) is 0 Å². The molecule has 1 atom stereocenters. The van der Waals surface area contributed by atoms with Crippen LogP contribution in [0.2, 0.25) is 0 Å². The highest BCUT2D eigenvalue weighted by molar-refractivity contribution is 7.13. The molecule has 0 radical (unpaired) electrons. The van der Waals surface area contributed by atoms with Crippen molar-refractivity contribution in [2.24, 2.45) is 0 Å². The molecule has 2 N–H and O–H groups in total. The number of thiazole rings is 1. The van der Waals surface area contributed by atoms with E-state index in [2.05, 4.69) is 30.5 Å². The first kappa shape index (κ1) is 11.4. The van der Waals surface area contributed by atoms with Gasteiger partial charge in [0.1, 0.15) is 6.17 Å². The van der Waals surface area contributed by atoms with Crippen molar-refractivity contribution in [3.63, 3.8) is 0 Å². The normalized spacial score (nSPS) is 19.8. The van der Waals surface area contributed by atoms with Crippen LogP contribution in [0.1, 0.15) is 0 Å². The topological polar surface area (TPSA) is 66.0 Å². The zero-order valence-corrected chi connectivity index (χ0v) is 10.6. The van der Waals surface area contributed by atoms with E-state index in [0.717, 1.165) is 30.7 Å². The summed E-state index contributed by atoms with van der Waals surface area (Å²) in [7, 11) is 0. The standard InChI is InChI=1S/C11H14N6S/c1-2-13-10(14-3-1)17-6-4-12-8-9(17)16-11-15-5-7-18-11/h1-3,5,7,9,12H,4,6,8H2,(H,15,16). The minimum Gasteiger partial charge on any atom is -0.340 e. The van der Waals surface area contributed by atoms with Gasteiger partial charge >= 0.3 is 0 Å². The van der Waals surface area contributed by atoms with E-state index in [9.17, 15) is 0 Å². The summed E-state index contributed by atoms with van der Waals surface area (Å²) in [6.45, 7) is 2.67. The van der Waals surface area contributed by atoms with E-state index < -0.39 is 0 Å². The SMILES string of the molecule is c1cnc(N2CCNCC2Nc2nccs2)nc1. The maximum Gasteiger partial charge on any atom is 0.226 e. The average molecular weight is 262 g/mol. The van der Waals surface area contributed by atoms with Crippen molar-refractivity contribution in [2.75, 3.05) is 29.9 Å². The summed E-state index contributed by atoms with van der Waals surface area (Å²) in [5, 5.41) is 9.65. The van der Waals surface area contributed by atoms with E-state index in [1.165, 1.54) is 0 Å². The summed E-state index contributed by atoms with van der Waals surface area (Å²) < 4.78 is 0. The Hall–Kier alpha value is -1.73. The third-order valence-corrected chi connectivity index (χ3v) is 3.48. The van der Waals surface area contributed by atoms with E-state index >= 15 is 0 Å². The van der Waals surface area contributed by atoms with Crippen LogP contribution in [-0.2, 0) is 0 Å². The predicted molar refractivity (Wildman–Crippen MR) is 71.8 cm³/mol. The molecule has 0 aliphatic carbocycles. The highest BCUT2D eigenvalue weighted by atomic mass is 32.1. The van der Waals surface area contributed by atoms with Crippen LogP contribution in [0.3, 0.4) is 0 Å². The molecular weight excluding hydrogens is 248 g/mol. The smallest absolute Gasteiger partial charge is 0.226 e. The molecule has 1 unspecified atom stereocenters. The van der Waals surface area contributed by atoms with Crippen molar-refractivity contribution in [1.29, 1.82) is 0 Å². The molecule has 1 aliphatic rings. The third-order valence-electron chi connectivity index (χ3n) is 2.77. The second-order valence-electron chi connectivity index (χ2n) is 3.94. The molecule has 18 heavy (non-hydrogen) atoms. The number of anilines is 2. The van der Waals surface area contributed by atoms with Crippen molar-refractivity contribution in [3.05, 3.63) is 30.0 Å². The van der Waals surface area contributed by atoms with E-state index in [-0.39, 0.29) is 6.17 Å². The quantitative estimate of drug-likeness (QED) is 0.852. The summed E-state index contributed by atoms with van der Waals surface area (Å²) in [5.74, 6) is 0.757. The van der Waals surface area contributed by atoms with Gasteiger partial charge in [0.05, 0.1) is 0 Å². The van der Waals surface area contributed by atoms with Crippen molar-refractivity contribution in [2.45, 2.75) is 6.17 Å². The Labute approximate surface area is 109 Å². The molecule has 3 heterocycles. The zero-order valence-electron chi connectivity index (χ0n) is 9.78. The lowest BCUT2D eigenvalue weighted by molar-refractivity contribution is 0.500. The van der Waals surface area contributed by atoms with E-state index in [1.54, 1.807) is 29.9 Å². The van der Waals surface area contributed by atoms with E-state index in [0.29, 0.717) is 0 Å². The molecule has 94 valence electrons. The largest absolute Gasteiger partial charge is 0.340 e. The molecule has 2 aromatic heterocycles. The molecule has 2 aromatic rings. The number of aromatic nitrogens is 3. The van der Waals surface area contributed by atoms with Gasteiger partial charge in [-0.25, -0.2) is 15.0 Å². The minimum absolute atomic E-state index is 0.132. The number of nitrogens with zero attached hydrogens (tertiary/aromatic N) is 4. The van der Waals surface area contributed by atoms with Gasteiger partial charge < -0.3 is 15.5 Å². The highest BCUT2D eigenvalue weighted by Crippen LogP contribution is 2.17. The molecule has 0 spiro atoms.